The second-order valence-corrected chi connectivity index (χ2v) is 6.65. The quantitative estimate of drug-likeness (QED) is 0.709. The van der Waals surface area contributed by atoms with Crippen LogP contribution in [0.5, 0.6) is 0 Å². The Kier molecular flexibility index (Phi) is 6.11. The molecule has 0 amide bonds. The summed E-state index contributed by atoms with van der Waals surface area (Å²) in [6.45, 7) is 9.22. The van der Waals surface area contributed by atoms with Crippen molar-refractivity contribution in [2.75, 3.05) is 26.2 Å². The van der Waals surface area contributed by atoms with Gasteiger partial charge in [-0.3, -0.25) is 0 Å². The fourth-order valence-electron chi connectivity index (χ4n) is 3.48. The first-order valence-electron chi connectivity index (χ1n) is 8.36. The number of likely N-dealkylation sites (tertiary alicyclic amines) is 1. The smallest absolute Gasteiger partial charge is 0.0571 e. The third-order valence-electron chi connectivity index (χ3n) is 4.58. The summed E-state index contributed by atoms with van der Waals surface area (Å²) in [4.78, 5) is 2.60. The van der Waals surface area contributed by atoms with Crippen molar-refractivity contribution in [2.45, 2.75) is 64.5 Å². The minimum atomic E-state index is -0.0293. The van der Waals surface area contributed by atoms with Crippen molar-refractivity contribution in [3.63, 3.8) is 0 Å². The standard InChI is InChI=1S/C16H32N2O/c1-3-7-17-15-9-13(10-16(19)14-5-6-14)11-18(12-15)8-4-2/h13-17,19H,3-12H2,1-2H3. The van der Waals surface area contributed by atoms with Gasteiger partial charge in [-0.05, 0) is 63.5 Å². The van der Waals surface area contributed by atoms with Crippen LogP contribution < -0.4 is 5.32 Å². The Balaban J connectivity index is 1.81. The van der Waals surface area contributed by atoms with E-state index in [0.717, 1.165) is 13.0 Å². The molecule has 1 saturated heterocycles. The average Bonchev–Trinajstić information content (AvgIpc) is 3.20. The summed E-state index contributed by atoms with van der Waals surface area (Å²) in [5.41, 5.74) is 0. The molecule has 2 aliphatic rings. The monoisotopic (exact) mass is 268 g/mol. The highest BCUT2D eigenvalue weighted by Crippen LogP contribution is 2.36. The van der Waals surface area contributed by atoms with Gasteiger partial charge in [0.05, 0.1) is 6.10 Å². The van der Waals surface area contributed by atoms with Crippen molar-refractivity contribution in [3.05, 3.63) is 0 Å². The molecule has 112 valence electrons. The van der Waals surface area contributed by atoms with E-state index in [4.69, 9.17) is 0 Å². The highest BCUT2D eigenvalue weighted by molar-refractivity contribution is 4.88. The van der Waals surface area contributed by atoms with Crippen LogP contribution in [-0.4, -0.2) is 48.3 Å². The number of piperidine rings is 1. The molecule has 0 aromatic heterocycles. The van der Waals surface area contributed by atoms with Crippen molar-refractivity contribution in [2.24, 2.45) is 11.8 Å². The van der Waals surface area contributed by atoms with E-state index >= 15 is 0 Å². The molecule has 19 heavy (non-hydrogen) atoms. The van der Waals surface area contributed by atoms with Crippen LogP contribution in [0.2, 0.25) is 0 Å². The molecular formula is C16H32N2O. The number of hydrogen-bond acceptors (Lipinski definition) is 3. The van der Waals surface area contributed by atoms with Crippen LogP contribution in [0.1, 0.15) is 52.4 Å². The van der Waals surface area contributed by atoms with Crippen LogP contribution in [0.15, 0.2) is 0 Å². The molecule has 0 aromatic carbocycles. The largest absolute Gasteiger partial charge is 0.393 e. The lowest BCUT2D eigenvalue weighted by atomic mass is 9.88. The Bertz CT molecular complexity index is 255. The van der Waals surface area contributed by atoms with Gasteiger partial charge in [0.1, 0.15) is 0 Å². The zero-order valence-electron chi connectivity index (χ0n) is 12.8. The number of hydrogen-bond donors (Lipinski definition) is 2. The van der Waals surface area contributed by atoms with E-state index in [-0.39, 0.29) is 6.10 Å². The van der Waals surface area contributed by atoms with Gasteiger partial charge in [0.15, 0.2) is 0 Å². The molecule has 0 bridgehead atoms. The molecule has 0 aromatic rings. The molecule has 3 heteroatoms. The van der Waals surface area contributed by atoms with Gasteiger partial charge in [-0.1, -0.05) is 13.8 Å². The average molecular weight is 268 g/mol. The molecule has 1 heterocycles. The zero-order valence-corrected chi connectivity index (χ0v) is 12.8. The molecule has 2 fully saturated rings. The number of aliphatic hydroxyl groups excluding tert-OH is 1. The second-order valence-electron chi connectivity index (χ2n) is 6.65. The van der Waals surface area contributed by atoms with Gasteiger partial charge in [-0.15, -0.1) is 0 Å². The van der Waals surface area contributed by atoms with Crippen LogP contribution in [0.25, 0.3) is 0 Å². The van der Waals surface area contributed by atoms with E-state index in [1.54, 1.807) is 0 Å². The van der Waals surface area contributed by atoms with Crippen LogP contribution in [0.3, 0.4) is 0 Å². The highest BCUT2D eigenvalue weighted by Gasteiger charge is 2.34. The molecule has 1 aliphatic carbocycles. The lowest BCUT2D eigenvalue weighted by molar-refractivity contribution is 0.0750. The van der Waals surface area contributed by atoms with Gasteiger partial charge in [-0.25, -0.2) is 0 Å². The Labute approximate surface area is 118 Å². The molecule has 2 N–H and O–H groups in total. The number of nitrogens with one attached hydrogen (secondary N) is 1. The summed E-state index contributed by atoms with van der Waals surface area (Å²) in [6, 6.07) is 0.636. The van der Waals surface area contributed by atoms with Crippen LogP contribution in [0, 0.1) is 11.8 Å². The first-order chi connectivity index (χ1) is 9.22. The van der Waals surface area contributed by atoms with E-state index in [1.165, 1.54) is 51.7 Å². The molecule has 2 rings (SSSR count). The van der Waals surface area contributed by atoms with Crippen molar-refractivity contribution in [3.8, 4) is 0 Å². The second kappa shape index (κ2) is 7.61. The Morgan fingerprint density at radius 2 is 2.00 bits per heavy atom. The van der Waals surface area contributed by atoms with Crippen molar-refractivity contribution >= 4 is 0 Å². The van der Waals surface area contributed by atoms with E-state index in [2.05, 4.69) is 24.1 Å². The lowest BCUT2D eigenvalue weighted by Gasteiger charge is -2.39. The maximum Gasteiger partial charge on any atom is 0.0571 e. The summed E-state index contributed by atoms with van der Waals surface area (Å²) in [5.74, 6) is 1.31. The van der Waals surface area contributed by atoms with Gasteiger partial charge in [0.2, 0.25) is 0 Å². The molecule has 0 radical (unpaired) electrons. The molecule has 3 nitrogen and oxygen atoms in total. The van der Waals surface area contributed by atoms with Gasteiger partial charge in [0, 0.05) is 19.1 Å². The summed E-state index contributed by atoms with van der Waals surface area (Å²) in [5, 5.41) is 13.9. The van der Waals surface area contributed by atoms with Crippen LogP contribution in [0.4, 0.5) is 0 Å². The van der Waals surface area contributed by atoms with E-state index in [1.807, 2.05) is 0 Å². The Hall–Kier alpha value is -0.120. The van der Waals surface area contributed by atoms with Gasteiger partial charge >= 0.3 is 0 Å². The first kappa shape index (κ1) is 15.3. The topological polar surface area (TPSA) is 35.5 Å². The van der Waals surface area contributed by atoms with Crippen LogP contribution >= 0.6 is 0 Å². The van der Waals surface area contributed by atoms with Gasteiger partial charge in [0.25, 0.3) is 0 Å². The van der Waals surface area contributed by atoms with E-state index in [9.17, 15) is 5.11 Å². The predicted octanol–water partition coefficient (Wildman–Crippen LogP) is 2.25. The predicted molar refractivity (Wildman–Crippen MR) is 80.3 cm³/mol. The fourth-order valence-corrected chi connectivity index (χ4v) is 3.48. The van der Waals surface area contributed by atoms with E-state index in [0.29, 0.717) is 17.9 Å². The number of aliphatic hydroxyl groups is 1. The van der Waals surface area contributed by atoms with Crippen molar-refractivity contribution in [1.82, 2.24) is 10.2 Å². The van der Waals surface area contributed by atoms with Crippen molar-refractivity contribution < 1.29 is 5.11 Å². The van der Waals surface area contributed by atoms with Gasteiger partial charge < -0.3 is 15.3 Å². The molecule has 1 aliphatic heterocycles. The third-order valence-corrected chi connectivity index (χ3v) is 4.58. The highest BCUT2D eigenvalue weighted by atomic mass is 16.3. The maximum absolute atomic E-state index is 10.2. The third kappa shape index (κ3) is 5.05. The van der Waals surface area contributed by atoms with Crippen LogP contribution in [-0.2, 0) is 0 Å². The summed E-state index contributed by atoms with van der Waals surface area (Å²) < 4.78 is 0. The Morgan fingerprint density at radius 1 is 1.21 bits per heavy atom. The molecule has 1 saturated carbocycles. The molecule has 0 spiro atoms. The molecule has 3 unspecified atom stereocenters. The summed E-state index contributed by atoms with van der Waals surface area (Å²) >= 11 is 0. The normalized spacial score (nSPS) is 30.5. The minimum Gasteiger partial charge on any atom is -0.393 e. The summed E-state index contributed by atoms with van der Waals surface area (Å²) in [6.07, 6.45) is 7.20. The zero-order chi connectivity index (χ0) is 13.7. The lowest BCUT2D eigenvalue weighted by Crippen LogP contribution is -2.50. The Morgan fingerprint density at radius 3 is 2.63 bits per heavy atom. The first-order valence-corrected chi connectivity index (χ1v) is 8.36. The maximum atomic E-state index is 10.2. The SMILES string of the molecule is CCCNC1CC(CC(O)C2CC2)CN(CCC)C1. The molecule has 3 atom stereocenters. The minimum absolute atomic E-state index is 0.0293. The van der Waals surface area contributed by atoms with Crippen molar-refractivity contribution in [1.29, 1.82) is 0 Å². The van der Waals surface area contributed by atoms with E-state index < -0.39 is 0 Å². The number of rotatable bonds is 8. The fraction of sp³-hybridized carbons (Fsp3) is 1.00. The number of nitrogens with zero attached hydrogens (tertiary/aromatic N) is 1. The molecular weight excluding hydrogens is 236 g/mol. The van der Waals surface area contributed by atoms with Gasteiger partial charge in [-0.2, -0.15) is 0 Å². The summed E-state index contributed by atoms with van der Waals surface area (Å²) in [7, 11) is 0.